The summed E-state index contributed by atoms with van der Waals surface area (Å²) in [5.41, 5.74) is 3.80. The number of hydrogen-bond donors (Lipinski definition) is 0. The molecule has 188 valence electrons. The van der Waals surface area contributed by atoms with Gasteiger partial charge in [-0.15, -0.1) is 0 Å². The first kappa shape index (κ1) is 25.4. The van der Waals surface area contributed by atoms with Gasteiger partial charge in [-0.1, -0.05) is 38.1 Å². The molecule has 0 aliphatic carbocycles. The third kappa shape index (κ3) is 6.29. The van der Waals surface area contributed by atoms with E-state index >= 15 is 0 Å². The Kier molecular flexibility index (Phi) is 7.48. The van der Waals surface area contributed by atoms with Gasteiger partial charge in [0.1, 0.15) is 24.7 Å². The third-order valence-corrected chi connectivity index (χ3v) is 6.26. The number of rotatable bonds is 10. The molecule has 0 aliphatic rings. The molecule has 0 saturated carbocycles. The smallest absolute Gasteiger partial charge is 0.269 e. The molecule has 0 amide bonds. The second-order valence-corrected chi connectivity index (χ2v) is 9.10. The van der Waals surface area contributed by atoms with E-state index in [9.17, 15) is 20.2 Å². The standard InChI is InChI=1S/C29H26N2O6/c1-29(2,23-7-15-27(16-8-23)36-19-21-3-11-25(12-4-21)30(32)33)24-9-17-28(18-10-24)37-20-22-5-13-26(14-6-22)31(34)35/h3-18H,19-20H2,1-2H3. The topological polar surface area (TPSA) is 105 Å². The van der Waals surface area contributed by atoms with E-state index in [0.717, 1.165) is 22.3 Å². The molecule has 0 unspecified atom stereocenters. The van der Waals surface area contributed by atoms with Crippen LogP contribution < -0.4 is 9.47 Å². The van der Waals surface area contributed by atoms with Crippen molar-refractivity contribution in [3.8, 4) is 11.5 Å². The number of hydrogen-bond acceptors (Lipinski definition) is 6. The van der Waals surface area contributed by atoms with E-state index < -0.39 is 9.85 Å². The molecular weight excluding hydrogens is 472 g/mol. The molecule has 8 heteroatoms. The Morgan fingerprint density at radius 1 is 0.568 bits per heavy atom. The van der Waals surface area contributed by atoms with Crippen LogP contribution in [0.2, 0.25) is 0 Å². The van der Waals surface area contributed by atoms with Gasteiger partial charge in [0.2, 0.25) is 0 Å². The van der Waals surface area contributed by atoms with Crippen LogP contribution in [0.5, 0.6) is 11.5 Å². The van der Waals surface area contributed by atoms with Gasteiger partial charge in [0.05, 0.1) is 9.85 Å². The van der Waals surface area contributed by atoms with Crippen molar-refractivity contribution in [1.29, 1.82) is 0 Å². The molecule has 0 heterocycles. The Bertz CT molecular complexity index is 1260. The van der Waals surface area contributed by atoms with Gasteiger partial charge in [-0.3, -0.25) is 20.2 Å². The molecular formula is C29H26N2O6. The highest BCUT2D eigenvalue weighted by Gasteiger charge is 2.23. The quantitative estimate of drug-likeness (QED) is 0.172. The van der Waals surface area contributed by atoms with Crippen LogP contribution in [0.15, 0.2) is 97.1 Å². The minimum atomic E-state index is -0.423. The summed E-state index contributed by atoms with van der Waals surface area (Å²) in [6, 6.07) is 28.4. The molecule has 4 rings (SSSR count). The molecule has 0 fully saturated rings. The van der Waals surface area contributed by atoms with Crippen LogP contribution in [-0.4, -0.2) is 9.85 Å². The highest BCUT2D eigenvalue weighted by Crippen LogP contribution is 2.33. The molecule has 4 aromatic rings. The molecule has 0 N–H and O–H groups in total. The molecule has 8 nitrogen and oxygen atoms in total. The van der Waals surface area contributed by atoms with Crippen molar-refractivity contribution in [2.75, 3.05) is 0 Å². The predicted molar refractivity (Wildman–Crippen MR) is 140 cm³/mol. The Balaban J connectivity index is 1.34. The minimum Gasteiger partial charge on any atom is -0.489 e. The van der Waals surface area contributed by atoms with Gasteiger partial charge in [0, 0.05) is 29.7 Å². The van der Waals surface area contributed by atoms with Crippen LogP contribution in [0.1, 0.15) is 36.1 Å². The van der Waals surface area contributed by atoms with E-state index in [1.807, 2.05) is 48.5 Å². The molecule has 0 atom stereocenters. The molecule has 0 radical (unpaired) electrons. The lowest BCUT2D eigenvalue weighted by atomic mass is 9.78. The van der Waals surface area contributed by atoms with Crippen LogP contribution in [-0.2, 0) is 18.6 Å². The van der Waals surface area contributed by atoms with Gasteiger partial charge in [-0.05, 0) is 70.8 Å². The van der Waals surface area contributed by atoms with E-state index in [1.54, 1.807) is 24.3 Å². The van der Waals surface area contributed by atoms with Crippen molar-refractivity contribution >= 4 is 11.4 Å². The first-order valence-corrected chi connectivity index (χ1v) is 11.7. The summed E-state index contributed by atoms with van der Waals surface area (Å²) in [6.07, 6.45) is 0. The lowest BCUT2D eigenvalue weighted by molar-refractivity contribution is -0.385. The summed E-state index contributed by atoms with van der Waals surface area (Å²) >= 11 is 0. The monoisotopic (exact) mass is 498 g/mol. The van der Waals surface area contributed by atoms with Crippen molar-refractivity contribution in [1.82, 2.24) is 0 Å². The SMILES string of the molecule is CC(C)(c1ccc(OCc2ccc([N+](=O)[O-])cc2)cc1)c1ccc(OCc2ccc([N+](=O)[O-])cc2)cc1. The zero-order chi connectivity index (χ0) is 26.4. The van der Waals surface area contributed by atoms with Crippen molar-refractivity contribution < 1.29 is 19.3 Å². The van der Waals surface area contributed by atoms with Crippen LogP contribution in [0.4, 0.5) is 11.4 Å². The van der Waals surface area contributed by atoms with E-state index in [0.29, 0.717) is 24.7 Å². The second kappa shape index (κ2) is 10.9. The second-order valence-electron chi connectivity index (χ2n) is 9.10. The van der Waals surface area contributed by atoms with E-state index in [1.165, 1.54) is 24.3 Å². The molecule has 0 spiro atoms. The summed E-state index contributed by atoms with van der Waals surface area (Å²) < 4.78 is 11.7. The fourth-order valence-corrected chi connectivity index (χ4v) is 3.86. The molecule has 4 aromatic carbocycles. The minimum absolute atomic E-state index is 0.0550. The Hall–Kier alpha value is -4.72. The summed E-state index contributed by atoms with van der Waals surface area (Å²) in [4.78, 5) is 20.7. The maximum absolute atomic E-state index is 10.8. The summed E-state index contributed by atoms with van der Waals surface area (Å²) in [5.74, 6) is 1.43. The highest BCUT2D eigenvalue weighted by molar-refractivity contribution is 5.42. The Labute approximate surface area is 214 Å². The van der Waals surface area contributed by atoms with Gasteiger partial charge in [-0.2, -0.15) is 0 Å². The summed E-state index contributed by atoms with van der Waals surface area (Å²) in [6.45, 7) is 4.93. The zero-order valence-electron chi connectivity index (χ0n) is 20.5. The lowest BCUT2D eigenvalue weighted by Gasteiger charge is -2.26. The summed E-state index contributed by atoms with van der Waals surface area (Å²) in [5, 5.41) is 21.6. The van der Waals surface area contributed by atoms with Crippen molar-refractivity contribution in [2.24, 2.45) is 0 Å². The average molecular weight is 499 g/mol. The van der Waals surface area contributed by atoms with Gasteiger partial charge < -0.3 is 9.47 Å². The third-order valence-electron chi connectivity index (χ3n) is 6.26. The first-order chi connectivity index (χ1) is 17.7. The largest absolute Gasteiger partial charge is 0.489 e. The predicted octanol–water partition coefficient (Wildman–Crippen LogP) is 6.99. The summed E-state index contributed by atoms with van der Waals surface area (Å²) in [7, 11) is 0. The van der Waals surface area contributed by atoms with Gasteiger partial charge in [0.25, 0.3) is 11.4 Å². The van der Waals surface area contributed by atoms with Gasteiger partial charge in [-0.25, -0.2) is 0 Å². The van der Waals surface area contributed by atoms with Crippen molar-refractivity contribution in [2.45, 2.75) is 32.5 Å². The number of benzene rings is 4. The average Bonchev–Trinajstić information content (AvgIpc) is 2.91. The number of non-ortho nitro benzene ring substituents is 2. The van der Waals surface area contributed by atoms with Crippen molar-refractivity contribution in [3.63, 3.8) is 0 Å². The van der Waals surface area contributed by atoms with Crippen LogP contribution in [0.3, 0.4) is 0 Å². The maximum atomic E-state index is 10.8. The fourth-order valence-electron chi connectivity index (χ4n) is 3.86. The lowest BCUT2D eigenvalue weighted by Crippen LogP contribution is -2.18. The van der Waals surface area contributed by atoms with Gasteiger partial charge >= 0.3 is 0 Å². The molecule has 0 aliphatic heterocycles. The molecule has 37 heavy (non-hydrogen) atoms. The van der Waals surface area contributed by atoms with Crippen LogP contribution in [0.25, 0.3) is 0 Å². The number of ether oxygens (including phenoxy) is 2. The number of nitro benzene ring substituents is 2. The normalized spacial score (nSPS) is 11.1. The van der Waals surface area contributed by atoms with E-state index in [-0.39, 0.29) is 16.8 Å². The van der Waals surface area contributed by atoms with Gasteiger partial charge in [0.15, 0.2) is 0 Å². The van der Waals surface area contributed by atoms with Crippen LogP contribution in [0, 0.1) is 20.2 Å². The van der Waals surface area contributed by atoms with Crippen LogP contribution >= 0.6 is 0 Å². The molecule has 0 saturated heterocycles. The number of nitro groups is 2. The molecule has 0 bridgehead atoms. The number of nitrogens with zero attached hydrogens (tertiary/aromatic N) is 2. The first-order valence-electron chi connectivity index (χ1n) is 11.7. The molecule has 0 aromatic heterocycles. The maximum Gasteiger partial charge on any atom is 0.269 e. The van der Waals surface area contributed by atoms with E-state index in [2.05, 4.69) is 13.8 Å². The zero-order valence-corrected chi connectivity index (χ0v) is 20.5. The fraction of sp³-hybridized carbons (Fsp3) is 0.172. The highest BCUT2D eigenvalue weighted by atomic mass is 16.6. The van der Waals surface area contributed by atoms with E-state index in [4.69, 9.17) is 9.47 Å². The Morgan fingerprint density at radius 2 is 0.892 bits per heavy atom. The Morgan fingerprint density at radius 3 is 1.19 bits per heavy atom. The van der Waals surface area contributed by atoms with Crippen molar-refractivity contribution in [3.05, 3.63) is 140 Å².